The topological polar surface area (TPSA) is 99.0 Å². The largest absolute Gasteiger partial charge is 0.495 e. The minimum atomic E-state index is -0.525. The van der Waals surface area contributed by atoms with Crippen LogP contribution in [-0.4, -0.2) is 23.8 Å². The van der Waals surface area contributed by atoms with E-state index in [4.69, 9.17) is 9.47 Å². The molecule has 1 heterocycles. The molecule has 0 saturated heterocycles. The molecule has 0 fully saturated rings. The van der Waals surface area contributed by atoms with Crippen LogP contribution < -0.4 is 14.4 Å². The third kappa shape index (κ3) is 3.16. The van der Waals surface area contributed by atoms with Crippen molar-refractivity contribution >= 4 is 23.2 Å². The van der Waals surface area contributed by atoms with Crippen molar-refractivity contribution in [3.8, 4) is 17.2 Å². The van der Waals surface area contributed by atoms with E-state index in [-0.39, 0.29) is 28.3 Å². The maximum Gasteiger partial charge on any atom is 0.273 e. The van der Waals surface area contributed by atoms with E-state index in [1.165, 1.54) is 43.5 Å². The smallest absolute Gasteiger partial charge is 0.273 e. The number of methoxy groups -OCH3 is 1. The number of nitro groups is 1. The number of para-hydroxylation sites is 2. The fourth-order valence-corrected chi connectivity index (χ4v) is 3.11. The molecule has 1 aliphatic rings. The van der Waals surface area contributed by atoms with Crippen molar-refractivity contribution in [2.24, 2.45) is 0 Å². The van der Waals surface area contributed by atoms with Crippen LogP contribution in [0.1, 0.15) is 20.7 Å². The Morgan fingerprint density at radius 1 is 0.862 bits per heavy atom. The Morgan fingerprint density at radius 3 is 2.34 bits per heavy atom. The van der Waals surface area contributed by atoms with Gasteiger partial charge in [0.2, 0.25) is 0 Å². The van der Waals surface area contributed by atoms with Gasteiger partial charge >= 0.3 is 0 Å². The van der Waals surface area contributed by atoms with Crippen molar-refractivity contribution in [2.45, 2.75) is 0 Å². The molecule has 8 nitrogen and oxygen atoms in total. The third-order valence-corrected chi connectivity index (χ3v) is 4.45. The molecule has 2 amide bonds. The van der Waals surface area contributed by atoms with Gasteiger partial charge in [0.05, 0.1) is 34.9 Å². The van der Waals surface area contributed by atoms with E-state index in [1.807, 2.05) is 0 Å². The monoisotopic (exact) mass is 390 g/mol. The number of amides is 2. The Morgan fingerprint density at radius 2 is 1.59 bits per heavy atom. The van der Waals surface area contributed by atoms with Crippen LogP contribution in [0.2, 0.25) is 0 Å². The van der Waals surface area contributed by atoms with Gasteiger partial charge in [-0.2, -0.15) is 0 Å². The third-order valence-electron chi connectivity index (χ3n) is 4.45. The molecule has 0 aliphatic carbocycles. The average Bonchev–Trinajstić information content (AvgIpc) is 2.98. The Bertz CT molecular complexity index is 1160. The van der Waals surface area contributed by atoms with E-state index >= 15 is 0 Å². The van der Waals surface area contributed by atoms with Crippen molar-refractivity contribution in [2.75, 3.05) is 12.0 Å². The quantitative estimate of drug-likeness (QED) is 0.368. The summed E-state index contributed by atoms with van der Waals surface area (Å²) in [4.78, 5) is 37.2. The van der Waals surface area contributed by atoms with Crippen molar-refractivity contribution in [3.63, 3.8) is 0 Å². The number of ether oxygens (including phenoxy) is 2. The summed E-state index contributed by atoms with van der Waals surface area (Å²) in [5, 5.41) is 10.9. The molecule has 144 valence electrons. The molecule has 29 heavy (non-hydrogen) atoms. The second-order valence-corrected chi connectivity index (χ2v) is 6.18. The number of anilines is 1. The van der Waals surface area contributed by atoms with Crippen LogP contribution in [0.5, 0.6) is 17.2 Å². The number of rotatable bonds is 5. The Hall–Kier alpha value is -4.20. The minimum absolute atomic E-state index is 0.114. The van der Waals surface area contributed by atoms with Crippen LogP contribution in [0.3, 0.4) is 0 Å². The van der Waals surface area contributed by atoms with E-state index in [0.29, 0.717) is 11.4 Å². The first kappa shape index (κ1) is 18.2. The predicted molar refractivity (Wildman–Crippen MR) is 104 cm³/mol. The number of hydrogen-bond acceptors (Lipinski definition) is 6. The summed E-state index contributed by atoms with van der Waals surface area (Å²) in [5.74, 6) is -0.0322. The summed E-state index contributed by atoms with van der Waals surface area (Å²) in [6, 6.07) is 16.9. The van der Waals surface area contributed by atoms with Gasteiger partial charge in [0, 0.05) is 6.07 Å². The molecular formula is C21H14N2O6. The Balaban J connectivity index is 1.67. The molecule has 0 N–H and O–H groups in total. The predicted octanol–water partition coefficient (Wildman–Crippen LogP) is 4.20. The maximum absolute atomic E-state index is 12.9. The van der Waals surface area contributed by atoms with Gasteiger partial charge in [-0.3, -0.25) is 19.7 Å². The van der Waals surface area contributed by atoms with Crippen molar-refractivity contribution in [3.05, 3.63) is 88.0 Å². The molecule has 0 atom stereocenters. The molecule has 0 spiro atoms. The fraction of sp³-hybridized carbons (Fsp3) is 0.0476. The maximum atomic E-state index is 12.9. The van der Waals surface area contributed by atoms with E-state index in [0.717, 1.165) is 4.90 Å². The number of carbonyl (C=O) groups is 2. The highest BCUT2D eigenvalue weighted by atomic mass is 16.6. The summed E-state index contributed by atoms with van der Waals surface area (Å²) in [7, 11) is 1.46. The van der Waals surface area contributed by atoms with Crippen LogP contribution in [0, 0.1) is 10.1 Å². The standard InChI is InChI=1S/C21H14N2O6/c1-28-19-8-3-2-7-18(19)22-20(24)16-10-9-15(12-17(16)21(22)25)29-14-6-4-5-13(11-14)23(26)27/h2-12H,1H3. The summed E-state index contributed by atoms with van der Waals surface area (Å²) in [6.07, 6.45) is 0. The first-order valence-electron chi connectivity index (χ1n) is 8.58. The average molecular weight is 390 g/mol. The molecule has 0 unspecified atom stereocenters. The Labute approximate surface area is 165 Å². The molecule has 8 heteroatoms. The second kappa shape index (κ2) is 7.08. The van der Waals surface area contributed by atoms with Gasteiger partial charge in [-0.25, -0.2) is 4.90 Å². The summed E-state index contributed by atoms with van der Waals surface area (Å²) in [5.41, 5.74) is 0.663. The number of benzene rings is 3. The van der Waals surface area contributed by atoms with Gasteiger partial charge in [-0.15, -0.1) is 0 Å². The van der Waals surface area contributed by atoms with E-state index < -0.39 is 16.7 Å². The molecular weight excluding hydrogens is 376 g/mol. The summed E-state index contributed by atoms with van der Waals surface area (Å²) in [6.45, 7) is 0. The molecule has 0 aromatic heterocycles. The fourth-order valence-electron chi connectivity index (χ4n) is 3.11. The van der Waals surface area contributed by atoms with Crippen LogP contribution in [0.25, 0.3) is 0 Å². The van der Waals surface area contributed by atoms with E-state index in [2.05, 4.69) is 0 Å². The molecule has 3 aromatic carbocycles. The zero-order valence-corrected chi connectivity index (χ0v) is 15.2. The van der Waals surface area contributed by atoms with Crippen molar-refractivity contribution in [1.29, 1.82) is 0 Å². The number of nitrogens with zero attached hydrogens (tertiary/aromatic N) is 2. The van der Waals surface area contributed by atoms with E-state index in [9.17, 15) is 19.7 Å². The molecule has 1 aliphatic heterocycles. The number of imide groups is 1. The molecule has 4 rings (SSSR count). The zero-order chi connectivity index (χ0) is 20.5. The second-order valence-electron chi connectivity index (χ2n) is 6.18. The Kier molecular flexibility index (Phi) is 4.44. The van der Waals surface area contributed by atoms with Gasteiger partial charge in [-0.05, 0) is 36.4 Å². The highest BCUT2D eigenvalue weighted by molar-refractivity contribution is 6.35. The van der Waals surface area contributed by atoms with Crippen molar-refractivity contribution < 1.29 is 24.0 Å². The lowest BCUT2D eigenvalue weighted by molar-refractivity contribution is -0.384. The van der Waals surface area contributed by atoms with Gasteiger partial charge in [0.25, 0.3) is 17.5 Å². The van der Waals surface area contributed by atoms with Gasteiger partial charge < -0.3 is 9.47 Å². The van der Waals surface area contributed by atoms with Crippen LogP contribution >= 0.6 is 0 Å². The SMILES string of the molecule is COc1ccccc1N1C(=O)c2ccc(Oc3cccc([N+](=O)[O-])c3)cc2C1=O. The first-order chi connectivity index (χ1) is 14.0. The number of fused-ring (bicyclic) bond motifs is 1. The summed E-state index contributed by atoms with van der Waals surface area (Å²) < 4.78 is 10.9. The molecule has 0 saturated carbocycles. The highest BCUT2D eigenvalue weighted by Crippen LogP contribution is 2.36. The van der Waals surface area contributed by atoms with Gasteiger partial charge in [-0.1, -0.05) is 18.2 Å². The van der Waals surface area contributed by atoms with Crippen LogP contribution in [-0.2, 0) is 0 Å². The lowest BCUT2D eigenvalue weighted by atomic mass is 10.1. The van der Waals surface area contributed by atoms with Gasteiger partial charge in [0.15, 0.2) is 0 Å². The lowest BCUT2D eigenvalue weighted by Gasteiger charge is -2.16. The van der Waals surface area contributed by atoms with Crippen LogP contribution in [0.4, 0.5) is 11.4 Å². The number of nitro benzene ring substituents is 1. The van der Waals surface area contributed by atoms with Gasteiger partial charge in [0.1, 0.15) is 17.2 Å². The first-order valence-corrected chi connectivity index (χ1v) is 8.58. The molecule has 0 bridgehead atoms. The number of hydrogen-bond donors (Lipinski definition) is 0. The summed E-state index contributed by atoms with van der Waals surface area (Å²) >= 11 is 0. The lowest BCUT2D eigenvalue weighted by Crippen LogP contribution is -2.29. The highest BCUT2D eigenvalue weighted by Gasteiger charge is 2.38. The number of non-ortho nitro benzene ring substituents is 1. The van der Waals surface area contributed by atoms with E-state index in [1.54, 1.807) is 30.3 Å². The zero-order valence-electron chi connectivity index (χ0n) is 15.2. The normalized spacial score (nSPS) is 12.7. The van der Waals surface area contributed by atoms with Crippen LogP contribution in [0.15, 0.2) is 66.7 Å². The molecule has 0 radical (unpaired) electrons. The van der Waals surface area contributed by atoms with Crippen molar-refractivity contribution in [1.82, 2.24) is 0 Å². The minimum Gasteiger partial charge on any atom is -0.495 e. The molecule has 3 aromatic rings. The number of carbonyl (C=O) groups excluding carboxylic acids is 2.